The summed E-state index contributed by atoms with van der Waals surface area (Å²) in [5.41, 5.74) is 2.30. The molecule has 4 rings (SSSR count). The van der Waals surface area contributed by atoms with Gasteiger partial charge in [-0.3, -0.25) is 14.6 Å². The first-order chi connectivity index (χ1) is 16.0. The molecule has 2 amide bonds. The molecule has 3 aromatic rings. The fraction of sp³-hybridized carbons (Fsp3) is 0.250. The Morgan fingerprint density at radius 2 is 1.97 bits per heavy atom. The largest absolute Gasteiger partial charge is 0.452 e. The molecule has 170 valence electrons. The van der Waals surface area contributed by atoms with Gasteiger partial charge in [0, 0.05) is 27.9 Å². The van der Waals surface area contributed by atoms with Crippen LogP contribution in [0.4, 0.5) is 10.7 Å². The van der Waals surface area contributed by atoms with Crippen LogP contribution in [0, 0.1) is 0 Å². The number of aryl methyl sites for hydroxylation is 1. The SMILES string of the molecule is CSc1cccc(NC(=O)COC(=O)c2c(NC(=O)c3cccnc3)sc3c2CCCC3)c1. The predicted octanol–water partition coefficient (Wildman–Crippen LogP) is 4.79. The topological polar surface area (TPSA) is 97.4 Å². The van der Waals surface area contributed by atoms with Gasteiger partial charge in [-0.15, -0.1) is 23.1 Å². The number of pyridine rings is 1. The number of benzene rings is 1. The third-order valence-corrected chi connectivity index (χ3v) is 7.15. The molecule has 0 bridgehead atoms. The van der Waals surface area contributed by atoms with E-state index in [2.05, 4.69) is 15.6 Å². The summed E-state index contributed by atoms with van der Waals surface area (Å²) in [7, 11) is 0. The highest BCUT2D eigenvalue weighted by Gasteiger charge is 2.28. The number of thioether (sulfide) groups is 1. The maximum absolute atomic E-state index is 13.0. The predicted molar refractivity (Wildman–Crippen MR) is 130 cm³/mol. The number of nitrogens with zero attached hydrogens (tertiary/aromatic N) is 1. The van der Waals surface area contributed by atoms with Crippen LogP contribution in [0.1, 0.15) is 44.0 Å². The molecule has 2 N–H and O–H groups in total. The highest BCUT2D eigenvalue weighted by molar-refractivity contribution is 7.98. The molecule has 7 nitrogen and oxygen atoms in total. The van der Waals surface area contributed by atoms with Crippen LogP contribution in [-0.2, 0) is 22.4 Å². The fourth-order valence-electron chi connectivity index (χ4n) is 3.64. The number of fused-ring (bicyclic) bond motifs is 1. The molecular formula is C24H23N3O4S2. The standard InChI is InChI=1S/C24H23N3O4S2/c1-32-17-8-4-7-16(12-17)26-20(28)14-31-24(30)21-18-9-2-3-10-19(18)33-23(21)27-22(29)15-6-5-11-25-13-15/h4-8,11-13H,2-3,9-10,14H2,1H3,(H,26,28)(H,27,29). The molecule has 1 aromatic carbocycles. The molecule has 0 fully saturated rings. The van der Waals surface area contributed by atoms with Crippen molar-refractivity contribution in [2.75, 3.05) is 23.5 Å². The molecular weight excluding hydrogens is 458 g/mol. The van der Waals surface area contributed by atoms with E-state index in [4.69, 9.17) is 4.74 Å². The first kappa shape index (κ1) is 23.0. The Labute approximate surface area is 200 Å². The zero-order valence-electron chi connectivity index (χ0n) is 18.1. The number of carbonyl (C=O) groups is 3. The second-order valence-electron chi connectivity index (χ2n) is 7.47. The molecule has 0 aliphatic heterocycles. The van der Waals surface area contributed by atoms with Crippen molar-refractivity contribution in [3.05, 3.63) is 70.4 Å². The summed E-state index contributed by atoms with van der Waals surface area (Å²) in [6.07, 6.45) is 8.61. The van der Waals surface area contributed by atoms with E-state index in [9.17, 15) is 14.4 Å². The summed E-state index contributed by atoms with van der Waals surface area (Å²) in [5, 5.41) is 6.04. The van der Waals surface area contributed by atoms with Crippen molar-refractivity contribution in [2.45, 2.75) is 30.6 Å². The summed E-state index contributed by atoms with van der Waals surface area (Å²) in [5.74, 6) is -1.38. The van der Waals surface area contributed by atoms with E-state index in [-0.39, 0.29) is 5.91 Å². The molecule has 2 aromatic heterocycles. The zero-order valence-corrected chi connectivity index (χ0v) is 19.7. The zero-order chi connectivity index (χ0) is 23.2. The Balaban J connectivity index is 1.47. The quantitative estimate of drug-likeness (QED) is 0.372. The van der Waals surface area contributed by atoms with Crippen LogP contribution < -0.4 is 10.6 Å². The molecule has 1 aliphatic carbocycles. The highest BCUT2D eigenvalue weighted by atomic mass is 32.2. The van der Waals surface area contributed by atoms with Gasteiger partial charge in [0.25, 0.3) is 11.8 Å². The van der Waals surface area contributed by atoms with Crippen molar-refractivity contribution in [1.82, 2.24) is 4.98 Å². The molecule has 2 heterocycles. The average molecular weight is 482 g/mol. The van der Waals surface area contributed by atoms with Gasteiger partial charge in [0.1, 0.15) is 5.00 Å². The van der Waals surface area contributed by atoms with Crippen LogP contribution in [0.3, 0.4) is 0 Å². The van der Waals surface area contributed by atoms with Gasteiger partial charge in [0.2, 0.25) is 0 Å². The summed E-state index contributed by atoms with van der Waals surface area (Å²) < 4.78 is 5.36. The van der Waals surface area contributed by atoms with Gasteiger partial charge in [-0.2, -0.15) is 0 Å². The third kappa shape index (κ3) is 5.61. The Kier molecular flexibility index (Phi) is 7.41. The average Bonchev–Trinajstić information content (AvgIpc) is 3.21. The van der Waals surface area contributed by atoms with Crippen molar-refractivity contribution < 1.29 is 19.1 Å². The highest BCUT2D eigenvalue weighted by Crippen LogP contribution is 2.38. The lowest BCUT2D eigenvalue weighted by molar-refractivity contribution is -0.119. The monoisotopic (exact) mass is 481 g/mol. The fourth-order valence-corrected chi connectivity index (χ4v) is 5.38. The number of hydrogen-bond donors (Lipinski definition) is 2. The molecule has 0 spiro atoms. The Bertz CT molecular complexity index is 1180. The third-order valence-electron chi connectivity index (χ3n) is 5.21. The molecule has 0 saturated carbocycles. The molecule has 1 aliphatic rings. The van der Waals surface area contributed by atoms with Gasteiger partial charge < -0.3 is 15.4 Å². The lowest BCUT2D eigenvalue weighted by Gasteiger charge is -2.13. The minimum atomic E-state index is -0.607. The normalized spacial score (nSPS) is 12.5. The van der Waals surface area contributed by atoms with Crippen LogP contribution in [0.15, 0.2) is 53.7 Å². The lowest BCUT2D eigenvalue weighted by Crippen LogP contribution is -2.22. The number of carbonyl (C=O) groups excluding carboxylic acids is 3. The van der Waals surface area contributed by atoms with Crippen LogP contribution in [0.25, 0.3) is 0 Å². The van der Waals surface area contributed by atoms with Crippen LogP contribution in [0.2, 0.25) is 0 Å². The van der Waals surface area contributed by atoms with Crippen molar-refractivity contribution >= 4 is 51.6 Å². The Morgan fingerprint density at radius 1 is 1.12 bits per heavy atom. The number of amides is 2. The second-order valence-corrected chi connectivity index (χ2v) is 9.45. The van der Waals surface area contributed by atoms with Gasteiger partial charge in [-0.25, -0.2) is 4.79 Å². The van der Waals surface area contributed by atoms with Crippen molar-refractivity contribution in [1.29, 1.82) is 0 Å². The number of nitrogens with one attached hydrogen (secondary N) is 2. The number of rotatable bonds is 7. The van der Waals surface area contributed by atoms with Gasteiger partial charge in [0.15, 0.2) is 6.61 Å². The lowest BCUT2D eigenvalue weighted by atomic mass is 9.95. The van der Waals surface area contributed by atoms with Gasteiger partial charge in [0.05, 0.1) is 11.1 Å². The van der Waals surface area contributed by atoms with E-state index in [1.807, 2.05) is 24.5 Å². The first-order valence-electron chi connectivity index (χ1n) is 10.5. The summed E-state index contributed by atoms with van der Waals surface area (Å²) in [6, 6.07) is 10.8. The van der Waals surface area contributed by atoms with Crippen LogP contribution in [-0.4, -0.2) is 35.6 Å². The number of hydrogen-bond acceptors (Lipinski definition) is 7. The van der Waals surface area contributed by atoms with Crippen molar-refractivity contribution in [2.24, 2.45) is 0 Å². The van der Waals surface area contributed by atoms with Gasteiger partial charge in [-0.05, 0) is 67.8 Å². The number of anilines is 2. The number of thiophene rings is 1. The smallest absolute Gasteiger partial charge is 0.341 e. The van der Waals surface area contributed by atoms with Gasteiger partial charge >= 0.3 is 5.97 Å². The first-order valence-corrected chi connectivity index (χ1v) is 12.6. The maximum Gasteiger partial charge on any atom is 0.341 e. The van der Waals surface area contributed by atoms with E-state index in [1.54, 1.807) is 36.2 Å². The van der Waals surface area contributed by atoms with E-state index in [0.717, 1.165) is 41.0 Å². The molecule has 0 radical (unpaired) electrons. The van der Waals surface area contributed by atoms with E-state index in [1.165, 1.54) is 17.5 Å². The van der Waals surface area contributed by atoms with E-state index < -0.39 is 18.5 Å². The van der Waals surface area contributed by atoms with Crippen LogP contribution >= 0.6 is 23.1 Å². The molecule has 0 unspecified atom stereocenters. The minimum Gasteiger partial charge on any atom is -0.452 e. The Hall–Kier alpha value is -3.17. The molecule has 33 heavy (non-hydrogen) atoms. The number of ether oxygens (including phenoxy) is 1. The van der Waals surface area contributed by atoms with E-state index >= 15 is 0 Å². The van der Waals surface area contributed by atoms with E-state index in [0.29, 0.717) is 21.8 Å². The number of aromatic nitrogens is 1. The maximum atomic E-state index is 13.0. The molecule has 0 saturated heterocycles. The molecule has 0 atom stereocenters. The van der Waals surface area contributed by atoms with Gasteiger partial charge in [-0.1, -0.05) is 6.07 Å². The van der Waals surface area contributed by atoms with Crippen molar-refractivity contribution in [3.63, 3.8) is 0 Å². The van der Waals surface area contributed by atoms with Crippen LogP contribution in [0.5, 0.6) is 0 Å². The second kappa shape index (κ2) is 10.6. The summed E-state index contributed by atoms with van der Waals surface area (Å²) in [4.78, 5) is 44.1. The number of esters is 1. The summed E-state index contributed by atoms with van der Waals surface area (Å²) in [6.45, 7) is -0.414. The van der Waals surface area contributed by atoms with Crippen molar-refractivity contribution in [3.8, 4) is 0 Å². The Morgan fingerprint density at radius 3 is 2.76 bits per heavy atom. The summed E-state index contributed by atoms with van der Waals surface area (Å²) >= 11 is 2.97. The minimum absolute atomic E-state index is 0.345. The molecule has 9 heteroatoms.